The van der Waals surface area contributed by atoms with Crippen molar-refractivity contribution in [1.82, 2.24) is 5.32 Å². The van der Waals surface area contributed by atoms with Crippen LogP contribution in [0.5, 0.6) is 17.2 Å². The van der Waals surface area contributed by atoms with Crippen molar-refractivity contribution in [3.05, 3.63) is 52.0 Å². The Balaban J connectivity index is 0.000000219. The predicted octanol–water partition coefficient (Wildman–Crippen LogP) is 5.79. The number of hydrogen-bond acceptors (Lipinski definition) is 7. The quantitative estimate of drug-likeness (QED) is 0.154. The normalized spacial score (nSPS) is 24.8. The van der Waals surface area contributed by atoms with E-state index in [2.05, 4.69) is 37.1 Å². The van der Waals surface area contributed by atoms with E-state index in [-0.39, 0.29) is 34.7 Å². The Morgan fingerprint density at radius 2 is 1.57 bits per heavy atom. The Hall–Kier alpha value is -1.90. The number of aromatic hydroxyl groups is 3. The number of benzene rings is 2. The zero-order valence-electron chi connectivity index (χ0n) is 23.7. The molecule has 0 unspecified atom stereocenters. The van der Waals surface area contributed by atoms with Crippen molar-refractivity contribution < 1.29 is 41.5 Å². The third-order valence-corrected chi connectivity index (χ3v) is 8.73. The van der Waals surface area contributed by atoms with Gasteiger partial charge in [-0.25, -0.2) is 0 Å². The predicted molar refractivity (Wildman–Crippen MR) is 155 cm³/mol. The third kappa shape index (κ3) is 8.10. The van der Waals surface area contributed by atoms with E-state index in [4.69, 9.17) is 20.4 Å². The average Bonchev–Trinajstić information content (AvgIpc) is 2.89. The van der Waals surface area contributed by atoms with Gasteiger partial charge in [-0.1, -0.05) is 38.4 Å². The molecule has 0 spiro atoms. The van der Waals surface area contributed by atoms with Crippen LogP contribution in [-0.2, 0) is 31.9 Å². The van der Waals surface area contributed by atoms with Gasteiger partial charge in [0.1, 0.15) is 5.75 Å². The van der Waals surface area contributed by atoms with Gasteiger partial charge in [-0.05, 0) is 96.9 Å². The van der Waals surface area contributed by atoms with Crippen molar-refractivity contribution >= 4 is 17.8 Å². The number of hydrogen-bond donors (Lipinski definition) is 5. The van der Waals surface area contributed by atoms with Crippen LogP contribution in [0.1, 0.15) is 76.0 Å². The van der Waals surface area contributed by atoms with Crippen LogP contribution in [0.3, 0.4) is 0 Å². The van der Waals surface area contributed by atoms with Crippen LogP contribution in [0.2, 0.25) is 5.02 Å². The van der Waals surface area contributed by atoms with E-state index in [0.29, 0.717) is 30.2 Å². The van der Waals surface area contributed by atoms with Gasteiger partial charge in [-0.2, -0.15) is 0 Å². The van der Waals surface area contributed by atoms with Gasteiger partial charge in [-0.3, -0.25) is 4.99 Å². The zero-order chi connectivity index (χ0) is 29.5. The molecule has 4 bridgehead atoms. The molecule has 7 nitrogen and oxygen atoms in total. The Labute approximate surface area is 252 Å². The van der Waals surface area contributed by atoms with Gasteiger partial charge in [0.2, 0.25) is 0 Å². The van der Waals surface area contributed by atoms with Crippen LogP contribution in [0.15, 0.2) is 35.3 Å². The molecule has 0 radical (unpaired) electrons. The van der Waals surface area contributed by atoms with Crippen LogP contribution < -0.4 is 5.32 Å². The summed E-state index contributed by atoms with van der Waals surface area (Å²) in [5.74, 6) is 2.90. The second-order valence-electron chi connectivity index (χ2n) is 12.6. The molecule has 219 valence electrons. The molecule has 0 heterocycles. The molecular weight excluding hydrogens is 567 g/mol. The number of phenols is 3. The molecule has 0 aromatic heterocycles. The third-order valence-electron chi connectivity index (χ3n) is 8.49. The summed E-state index contributed by atoms with van der Waals surface area (Å²) < 4.78 is 8.19. The van der Waals surface area contributed by atoms with Gasteiger partial charge < -0.3 is 25.7 Å². The fourth-order valence-electron chi connectivity index (χ4n) is 7.04. The molecule has 2 aromatic carbocycles. The monoisotopic (exact) mass is 609 g/mol. The molecule has 4 aliphatic carbocycles. The van der Waals surface area contributed by atoms with Crippen molar-refractivity contribution in [3.63, 3.8) is 0 Å². The Bertz CT molecular complexity index is 1130. The summed E-state index contributed by atoms with van der Waals surface area (Å²) in [6, 6.07) is 8.76. The van der Waals surface area contributed by atoms with Crippen molar-refractivity contribution in [1.29, 1.82) is 0 Å². The molecular formula is C31H43ClN2O5V. The van der Waals surface area contributed by atoms with E-state index in [1.165, 1.54) is 44.6 Å². The van der Waals surface area contributed by atoms with E-state index in [1.807, 2.05) is 0 Å². The van der Waals surface area contributed by atoms with Crippen LogP contribution >= 0.6 is 11.6 Å². The number of rotatable bonds is 7. The molecule has 4 aliphatic rings. The average molecular weight is 610 g/mol. The first-order chi connectivity index (χ1) is 19.0. The summed E-state index contributed by atoms with van der Waals surface area (Å²) in [7, 11) is 0. The first-order valence-electron chi connectivity index (χ1n) is 14.1. The Kier molecular flexibility index (Phi) is 11.7. The van der Waals surface area contributed by atoms with Crippen LogP contribution in [0.25, 0.3) is 0 Å². The summed E-state index contributed by atoms with van der Waals surface area (Å²) in [6.07, 6.45) is 9.39. The molecule has 6 rings (SSSR count). The number of aliphatic imine (C=N–C) groups is 1. The van der Waals surface area contributed by atoms with Crippen LogP contribution in [-0.4, -0.2) is 52.9 Å². The van der Waals surface area contributed by atoms with Crippen LogP contribution in [0.4, 0.5) is 0 Å². The van der Waals surface area contributed by atoms with E-state index in [1.54, 1.807) is 24.4 Å². The molecule has 4 saturated carbocycles. The molecule has 0 saturated heterocycles. The molecule has 0 aliphatic heterocycles. The van der Waals surface area contributed by atoms with Gasteiger partial charge >= 0.3 is 21.0 Å². The Morgan fingerprint density at radius 3 is 2.12 bits per heavy atom. The fourth-order valence-corrected chi connectivity index (χ4v) is 7.22. The number of nitrogens with zero attached hydrogens (tertiary/aromatic N) is 1. The van der Waals surface area contributed by atoms with E-state index < -0.39 is 0 Å². The summed E-state index contributed by atoms with van der Waals surface area (Å²) >= 11 is 6.85. The van der Waals surface area contributed by atoms with E-state index >= 15 is 0 Å². The second-order valence-corrected chi connectivity index (χ2v) is 13.0. The van der Waals surface area contributed by atoms with Gasteiger partial charge in [0.15, 0.2) is 11.5 Å². The maximum absolute atomic E-state index is 10.6. The molecule has 4 fully saturated rings. The van der Waals surface area contributed by atoms with Crippen molar-refractivity contribution in [3.8, 4) is 17.2 Å². The van der Waals surface area contributed by atoms with Crippen molar-refractivity contribution in [2.24, 2.45) is 22.7 Å². The molecule has 5 N–H and O–H groups in total. The summed E-state index contributed by atoms with van der Waals surface area (Å²) in [4.78, 5) is 4.13. The molecule has 40 heavy (non-hydrogen) atoms. The first-order valence-corrected chi connectivity index (χ1v) is 15.0. The molecule has 0 amide bonds. The van der Waals surface area contributed by atoms with Gasteiger partial charge in [0.05, 0.1) is 13.2 Å². The number of aliphatic hydroxyl groups excluding tert-OH is 1. The zero-order valence-corrected chi connectivity index (χ0v) is 25.9. The molecule has 9 heteroatoms. The summed E-state index contributed by atoms with van der Waals surface area (Å²) in [5, 5.41) is 42.5. The van der Waals surface area contributed by atoms with E-state index in [0.717, 1.165) is 46.2 Å². The number of aliphatic hydroxyl groups is 1. The number of nitrogens with one attached hydrogen (secondary N) is 1. The minimum absolute atomic E-state index is 0.0117. The van der Waals surface area contributed by atoms with Gasteiger partial charge in [-0.15, -0.1) is 0 Å². The SMILES string of the molecule is CC(C)(C)c1cc(O)c(O)c(C23CC4CC(CC(C4)C2)C3)c1.OCCNCCN=Cc1cc(Cl)ccc1O.[O]=[V]. The summed E-state index contributed by atoms with van der Waals surface area (Å²) in [6.45, 7) is 8.48. The van der Waals surface area contributed by atoms with Gasteiger partial charge in [0.25, 0.3) is 0 Å². The van der Waals surface area contributed by atoms with Crippen molar-refractivity contribution in [2.75, 3.05) is 26.2 Å². The topological polar surface area (TPSA) is 122 Å². The second kappa shape index (κ2) is 14.3. The number of halogens is 1. The standard InChI is InChI=1S/C20H28O2.C11H15ClN2O2.O.V/c1-19(2,3)15-7-16(18(22)17(21)8-15)20-9-12-4-13(10-20)6-14(5-12)11-20;12-10-1-2-11(16)9(7-10)8-14-4-3-13-5-6-15;;/h7-8,12-14,21-22H,4-6,9-11H2,1-3H3;1-2,7-8,13,15-16H,3-6H2;;. The van der Waals surface area contributed by atoms with Crippen LogP contribution in [0, 0.1) is 17.8 Å². The Morgan fingerprint density at radius 1 is 0.975 bits per heavy atom. The van der Waals surface area contributed by atoms with Gasteiger partial charge in [0, 0.05) is 35.5 Å². The number of phenolic OH excluding ortho intramolecular Hbond substituents is 3. The molecule has 2 aromatic rings. The maximum atomic E-state index is 10.6. The van der Waals surface area contributed by atoms with E-state index in [9.17, 15) is 15.3 Å². The first kappa shape index (κ1) is 32.6. The minimum atomic E-state index is -0.0117. The van der Waals surface area contributed by atoms with Crippen molar-refractivity contribution in [2.45, 2.75) is 70.1 Å². The molecule has 0 atom stereocenters. The summed E-state index contributed by atoms with van der Waals surface area (Å²) in [5.41, 5.74) is 2.89. The fraction of sp³-hybridized carbons (Fsp3) is 0.581.